The summed E-state index contributed by atoms with van der Waals surface area (Å²) in [4.78, 5) is 12.4. The third kappa shape index (κ3) is 4.04. The van der Waals surface area contributed by atoms with Crippen molar-refractivity contribution in [3.8, 4) is 0 Å². The second-order valence-corrected chi connectivity index (χ2v) is 3.22. The fourth-order valence-electron chi connectivity index (χ4n) is 1.23. The number of hydrogen-bond acceptors (Lipinski definition) is 2. The van der Waals surface area contributed by atoms with Gasteiger partial charge in [-0.05, 0) is 12.1 Å². The van der Waals surface area contributed by atoms with Crippen LogP contribution in [0, 0.1) is 0 Å². The highest BCUT2D eigenvalue weighted by Crippen LogP contribution is 2.12. The summed E-state index contributed by atoms with van der Waals surface area (Å²) in [6.45, 7) is 0.449. The molecule has 1 rings (SSSR count). The third-order valence-electron chi connectivity index (χ3n) is 1.86. The molecule has 0 aliphatic heterocycles. The van der Waals surface area contributed by atoms with Crippen molar-refractivity contribution >= 4 is 23.3 Å². The number of aliphatic carboxylic acids is 1. The van der Waals surface area contributed by atoms with Crippen molar-refractivity contribution in [2.24, 2.45) is 0 Å². The number of rotatable bonds is 5. The zero-order valence-electron chi connectivity index (χ0n) is 8.14. The van der Waals surface area contributed by atoms with Crippen molar-refractivity contribution in [3.63, 3.8) is 0 Å². The largest absolute Gasteiger partial charge is 0.480 e. The van der Waals surface area contributed by atoms with E-state index in [4.69, 9.17) is 16.7 Å². The first kappa shape index (κ1) is 11.6. The Hall–Kier alpha value is -1.48. The molecular formula is C11H12ClNO2. The van der Waals surface area contributed by atoms with E-state index >= 15 is 0 Å². The van der Waals surface area contributed by atoms with Crippen molar-refractivity contribution in [1.29, 1.82) is 0 Å². The number of nitrogens with zero attached hydrogens (tertiary/aromatic N) is 1. The van der Waals surface area contributed by atoms with Gasteiger partial charge in [0.05, 0.1) is 0 Å². The Morgan fingerprint density at radius 1 is 1.40 bits per heavy atom. The lowest BCUT2D eigenvalue weighted by Gasteiger charge is -2.20. The van der Waals surface area contributed by atoms with Gasteiger partial charge in [0.1, 0.15) is 6.54 Å². The number of carbonyl (C=O) groups is 1. The number of carboxylic acid groups (broad SMARTS) is 1. The topological polar surface area (TPSA) is 40.5 Å². The van der Waals surface area contributed by atoms with Gasteiger partial charge in [0.2, 0.25) is 0 Å². The summed E-state index contributed by atoms with van der Waals surface area (Å²) in [6.07, 6.45) is 1.71. The molecule has 0 saturated carbocycles. The van der Waals surface area contributed by atoms with Gasteiger partial charge in [0, 0.05) is 17.8 Å². The molecule has 0 aromatic heterocycles. The summed E-state index contributed by atoms with van der Waals surface area (Å²) in [5.41, 5.74) is 2.26. The molecule has 0 unspecified atom stereocenters. The van der Waals surface area contributed by atoms with Crippen molar-refractivity contribution in [3.05, 3.63) is 41.9 Å². The molecule has 1 N–H and O–H groups in total. The zero-order valence-corrected chi connectivity index (χ0v) is 8.89. The highest BCUT2D eigenvalue weighted by atomic mass is 35.5. The monoisotopic (exact) mass is 225 g/mol. The number of anilines is 1. The van der Waals surface area contributed by atoms with E-state index in [0.717, 1.165) is 5.69 Å². The molecule has 4 heteroatoms. The Balaban J connectivity index is 2.76. The molecule has 1 aromatic rings. The van der Waals surface area contributed by atoms with Crippen LogP contribution in [0.3, 0.4) is 0 Å². The first-order valence-electron chi connectivity index (χ1n) is 4.51. The third-order valence-corrected chi connectivity index (χ3v) is 2.04. The van der Waals surface area contributed by atoms with Gasteiger partial charge in [-0.15, -0.1) is 0 Å². The van der Waals surface area contributed by atoms with Crippen molar-refractivity contribution in [2.45, 2.75) is 0 Å². The van der Waals surface area contributed by atoms with E-state index < -0.39 is 5.97 Å². The molecular weight excluding hydrogens is 214 g/mol. The van der Waals surface area contributed by atoms with Crippen LogP contribution in [0.15, 0.2) is 41.9 Å². The Kier molecular flexibility index (Phi) is 4.71. The predicted molar refractivity (Wildman–Crippen MR) is 61.3 cm³/mol. The van der Waals surface area contributed by atoms with E-state index in [0.29, 0.717) is 6.54 Å². The summed E-state index contributed by atoms with van der Waals surface area (Å²) < 4.78 is 0. The van der Waals surface area contributed by atoms with Crippen LogP contribution in [0.1, 0.15) is 0 Å². The van der Waals surface area contributed by atoms with Crippen LogP contribution in [0.2, 0.25) is 0 Å². The molecule has 0 spiro atoms. The number of halogens is 1. The first-order chi connectivity index (χ1) is 7.24. The summed E-state index contributed by atoms with van der Waals surface area (Å²) in [7, 11) is 0. The molecule has 3 nitrogen and oxygen atoms in total. The van der Waals surface area contributed by atoms with E-state index in [1.807, 2.05) is 30.3 Å². The maximum Gasteiger partial charge on any atom is 0.323 e. The minimum absolute atomic E-state index is 0.0365. The van der Waals surface area contributed by atoms with Gasteiger partial charge in [0.25, 0.3) is 0 Å². The highest BCUT2D eigenvalue weighted by molar-refractivity contribution is 6.25. The van der Waals surface area contributed by atoms with Crippen LogP contribution in [-0.4, -0.2) is 24.2 Å². The highest BCUT2D eigenvalue weighted by Gasteiger charge is 2.07. The molecule has 0 amide bonds. The fourth-order valence-corrected chi connectivity index (χ4v) is 1.31. The molecule has 0 radical (unpaired) electrons. The van der Waals surface area contributed by atoms with Crippen molar-refractivity contribution in [2.75, 3.05) is 18.0 Å². The van der Waals surface area contributed by atoms with E-state index in [9.17, 15) is 4.79 Å². The normalized spacial score (nSPS) is 10.5. The molecule has 0 atom stereocenters. The number of benzene rings is 1. The van der Waals surface area contributed by atoms with Gasteiger partial charge in [0.15, 0.2) is 0 Å². The second kappa shape index (κ2) is 6.09. The summed E-state index contributed by atoms with van der Waals surface area (Å²) in [6, 6.07) is 9.36. The fraction of sp³-hybridized carbons (Fsp3) is 0.182. The molecule has 80 valence electrons. The molecule has 0 fully saturated rings. The van der Waals surface area contributed by atoms with Crippen molar-refractivity contribution < 1.29 is 9.90 Å². The first-order valence-corrected chi connectivity index (χ1v) is 4.94. The van der Waals surface area contributed by atoms with Gasteiger partial charge in [-0.25, -0.2) is 0 Å². The molecule has 0 bridgehead atoms. The van der Waals surface area contributed by atoms with Gasteiger partial charge < -0.3 is 10.0 Å². The van der Waals surface area contributed by atoms with Gasteiger partial charge in [-0.3, -0.25) is 4.79 Å². The molecule has 0 aliphatic rings. The zero-order chi connectivity index (χ0) is 11.1. The summed E-state index contributed by atoms with van der Waals surface area (Å²) >= 11 is 5.41. The Morgan fingerprint density at radius 2 is 2.07 bits per heavy atom. The molecule has 0 heterocycles. The van der Waals surface area contributed by atoms with Crippen LogP contribution in [-0.2, 0) is 4.79 Å². The van der Waals surface area contributed by atoms with Gasteiger partial charge in [-0.1, -0.05) is 35.9 Å². The van der Waals surface area contributed by atoms with Gasteiger partial charge >= 0.3 is 5.97 Å². The Labute approximate surface area is 93.6 Å². The lowest BCUT2D eigenvalue weighted by atomic mass is 10.3. The average molecular weight is 226 g/mol. The average Bonchev–Trinajstić information content (AvgIpc) is 2.25. The lowest BCUT2D eigenvalue weighted by molar-refractivity contribution is -0.135. The number of para-hydroxylation sites is 1. The maximum absolute atomic E-state index is 10.6. The van der Waals surface area contributed by atoms with Crippen LogP contribution >= 0.6 is 11.6 Å². The lowest BCUT2D eigenvalue weighted by Crippen LogP contribution is -2.29. The number of carboxylic acids is 1. The number of hydrogen-bond donors (Lipinski definition) is 1. The second-order valence-electron chi connectivity index (χ2n) is 2.97. The predicted octanol–water partition coefficient (Wildman–Crippen LogP) is 2.33. The van der Waals surface area contributed by atoms with E-state index in [1.165, 1.54) is 5.54 Å². The van der Waals surface area contributed by atoms with Gasteiger partial charge in [-0.2, -0.15) is 0 Å². The minimum atomic E-state index is -0.859. The van der Waals surface area contributed by atoms with E-state index in [-0.39, 0.29) is 6.54 Å². The summed E-state index contributed by atoms with van der Waals surface area (Å²) in [5.74, 6) is -0.859. The van der Waals surface area contributed by atoms with Crippen LogP contribution in [0.5, 0.6) is 0 Å². The Bertz CT molecular complexity index is 338. The Morgan fingerprint density at radius 3 is 2.60 bits per heavy atom. The van der Waals surface area contributed by atoms with Crippen LogP contribution in [0.25, 0.3) is 0 Å². The molecule has 0 aliphatic carbocycles. The quantitative estimate of drug-likeness (QED) is 0.836. The maximum atomic E-state index is 10.6. The smallest absolute Gasteiger partial charge is 0.323 e. The van der Waals surface area contributed by atoms with Crippen LogP contribution in [0.4, 0.5) is 5.69 Å². The molecule has 1 aromatic carbocycles. The standard InChI is InChI=1S/C11H12ClNO2/c12-7-4-8-13(9-11(14)15)10-5-2-1-3-6-10/h1-7H,8-9H2,(H,14,15)/b7-4+. The summed E-state index contributed by atoms with van der Waals surface area (Å²) in [5, 5.41) is 8.75. The molecule has 15 heavy (non-hydrogen) atoms. The van der Waals surface area contributed by atoms with E-state index in [2.05, 4.69) is 0 Å². The SMILES string of the molecule is O=C(O)CN(C/C=C/Cl)c1ccccc1. The molecule has 0 saturated heterocycles. The minimum Gasteiger partial charge on any atom is -0.480 e. The van der Waals surface area contributed by atoms with E-state index in [1.54, 1.807) is 11.0 Å². The van der Waals surface area contributed by atoms with Crippen molar-refractivity contribution in [1.82, 2.24) is 0 Å². The van der Waals surface area contributed by atoms with Crippen LogP contribution < -0.4 is 4.90 Å².